The zero-order valence-corrected chi connectivity index (χ0v) is 31.0. The van der Waals surface area contributed by atoms with Crippen molar-refractivity contribution in [2.24, 2.45) is 22.7 Å². The van der Waals surface area contributed by atoms with Crippen LogP contribution in [0.2, 0.25) is 0 Å². The van der Waals surface area contributed by atoms with Gasteiger partial charge in [0.25, 0.3) is 0 Å². The fourth-order valence-electron chi connectivity index (χ4n) is 7.67. The van der Waals surface area contributed by atoms with E-state index < -0.39 is 85.4 Å². The Kier molecular flexibility index (Phi) is 10.5. The monoisotopic (exact) mass is 761 g/mol. The molecule has 4 aliphatic rings. The molecule has 1 aromatic heterocycles. The molecule has 5 atom stereocenters. The zero-order chi connectivity index (χ0) is 38.5. The number of esters is 1. The number of aryl methyl sites for hydroxylation is 1. The average Bonchev–Trinajstić information content (AvgIpc) is 4.00. The number of alkyl halides is 3. The number of nitrogens with zero attached hydrogens (tertiary/aromatic N) is 2. The lowest BCUT2D eigenvalue weighted by atomic mass is 9.77. The number of benzene rings is 1. The number of carbonyl (C=O) groups is 4. The van der Waals surface area contributed by atoms with Crippen LogP contribution >= 0.6 is 0 Å². The molecule has 15 heteroatoms. The molecule has 3 fully saturated rings. The van der Waals surface area contributed by atoms with Crippen molar-refractivity contribution in [3.63, 3.8) is 0 Å². The number of carbonyl (C=O) groups excluding carboxylic acids is 4. The number of hydrogen-bond acceptors (Lipinski definition) is 9. The number of pyridine rings is 1. The largest absolute Gasteiger partial charge is 0.472 e. The van der Waals surface area contributed by atoms with Crippen LogP contribution in [0.1, 0.15) is 89.7 Å². The third-order valence-electron chi connectivity index (χ3n) is 11.0. The fourth-order valence-corrected chi connectivity index (χ4v) is 9.06. The quantitative estimate of drug-likeness (QED) is 0.278. The lowest BCUT2D eigenvalue weighted by Crippen LogP contribution is -2.48. The topological polar surface area (TPSA) is 149 Å². The molecule has 1 N–H and O–H groups in total. The highest BCUT2D eigenvalue weighted by Gasteiger charge is 2.61. The van der Waals surface area contributed by atoms with Gasteiger partial charge in [-0.3, -0.25) is 23.9 Å². The van der Waals surface area contributed by atoms with E-state index in [1.807, 2.05) is 0 Å². The number of fused-ring (bicyclic) bond motifs is 3. The van der Waals surface area contributed by atoms with E-state index >= 15 is 0 Å². The number of aromatic nitrogens is 1. The Morgan fingerprint density at radius 2 is 1.85 bits per heavy atom. The molecule has 1 saturated heterocycles. The second-order valence-corrected chi connectivity index (χ2v) is 18.0. The van der Waals surface area contributed by atoms with Crippen LogP contribution in [-0.4, -0.2) is 72.4 Å². The van der Waals surface area contributed by atoms with Crippen molar-refractivity contribution in [3.05, 3.63) is 48.2 Å². The molecule has 288 valence electrons. The van der Waals surface area contributed by atoms with Crippen molar-refractivity contribution in [1.82, 2.24) is 14.6 Å². The molecule has 2 aliphatic carbocycles. The first-order chi connectivity index (χ1) is 24.8. The van der Waals surface area contributed by atoms with Crippen molar-refractivity contribution < 1.29 is 50.2 Å². The molecular weight excluding hydrogens is 715 g/mol. The molecule has 11 nitrogen and oxygen atoms in total. The molecule has 2 aromatic rings. The van der Waals surface area contributed by atoms with Gasteiger partial charge in [-0.1, -0.05) is 26.8 Å². The Morgan fingerprint density at radius 3 is 2.49 bits per heavy atom. The van der Waals surface area contributed by atoms with Crippen LogP contribution in [0.3, 0.4) is 0 Å². The maximum Gasteiger partial charge on any atom is 0.417 e. The summed E-state index contributed by atoms with van der Waals surface area (Å²) in [4.78, 5) is 61.0. The van der Waals surface area contributed by atoms with Gasteiger partial charge in [0.1, 0.15) is 6.10 Å². The van der Waals surface area contributed by atoms with E-state index in [1.165, 1.54) is 23.2 Å². The van der Waals surface area contributed by atoms with Crippen molar-refractivity contribution in [3.8, 4) is 5.88 Å². The minimum atomic E-state index is -4.67. The number of Topliss-reactive ketones (excluding diaryl/α,β-unsaturated/α-hetero) is 1. The van der Waals surface area contributed by atoms with Crippen LogP contribution in [0, 0.1) is 22.7 Å². The van der Waals surface area contributed by atoms with E-state index in [2.05, 4.69) is 16.3 Å². The molecule has 3 heterocycles. The number of sulfonamides is 1. The van der Waals surface area contributed by atoms with Gasteiger partial charge in [0.15, 0.2) is 5.78 Å². The van der Waals surface area contributed by atoms with Gasteiger partial charge in [0.2, 0.25) is 27.7 Å². The van der Waals surface area contributed by atoms with Crippen LogP contribution in [0.15, 0.2) is 37.1 Å². The van der Waals surface area contributed by atoms with E-state index in [1.54, 1.807) is 26.8 Å². The average molecular weight is 762 g/mol. The Labute approximate surface area is 307 Å². The highest BCUT2D eigenvalue weighted by molar-refractivity contribution is 7.90. The zero-order valence-electron chi connectivity index (χ0n) is 30.2. The highest BCUT2D eigenvalue weighted by Crippen LogP contribution is 2.57. The molecular formula is C38H46F3N3O8S. The number of rotatable bonds is 7. The molecule has 2 saturated carbocycles. The van der Waals surface area contributed by atoms with Crippen molar-refractivity contribution >= 4 is 44.4 Å². The molecule has 2 aliphatic heterocycles. The van der Waals surface area contributed by atoms with Gasteiger partial charge in [0, 0.05) is 29.8 Å². The molecule has 53 heavy (non-hydrogen) atoms. The summed E-state index contributed by atoms with van der Waals surface area (Å²) in [6.07, 6.45) is -0.545. The van der Waals surface area contributed by atoms with Gasteiger partial charge in [0.05, 0.1) is 47.8 Å². The van der Waals surface area contributed by atoms with Crippen LogP contribution in [-0.2, 0) is 46.5 Å². The van der Waals surface area contributed by atoms with Gasteiger partial charge in [-0.05, 0) is 80.0 Å². The third kappa shape index (κ3) is 8.24. The first-order valence-electron chi connectivity index (χ1n) is 18.2. The normalized spacial score (nSPS) is 27.4. The van der Waals surface area contributed by atoms with Gasteiger partial charge >= 0.3 is 12.1 Å². The van der Waals surface area contributed by atoms with Crippen molar-refractivity contribution in [2.45, 2.75) is 109 Å². The number of halogens is 3. The van der Waals surface area contributed by atoms with Gasteiger partial charge in [-0.2, -0.15) is 13.2 Å². The lowest BCUT2D eigenvalue weighted by Gasteiger charge is -2.34. The third-order valence-corrected chi connectivity index (χ3v) is 12.9. The van der Waals surface area contributed by atoms with E-state index in [-0.39, 0.29) is 55.5 Å². The Bertz CT molecular complexity index is 1920. The lowest BCUT2D eigenvalue weighted by molar-refractivity contribution is -0.153. The molecule has 4 bridgehead atoms. The standard InChI is InChI=1S/C38H46F3N3O8S/c1-5-23-19-37(23,35(48)43-53(49,50)25-10-11-25)20-31(45)30-17-24-21-44(30)34(47)29(36(2,3)4)18-32(46)51-14-8-6-7-9-22-15-27-26(12-13-42-33(27)52-24)28(16-22)38(39,40)41/h5,12-13,15-16,23-25,29-30H,1,6-11,14,17-21H2,2-4H3,(H,43,48)/t23-,24+,29+,30-,37+/m0/s1. The van der Waals surface area contributed by atoms with E-state index in [0.717, 1.165) is 6.07 Å². The molecule has 0 unspecified atom stereocenters. The summed E-state index contributed by atoms with van der Waals surface area (Å²) in [5.74, 6) is -3.89. The summed E-state index contributed by atoms with van der Waals surface area (Å²) in [6, 6.07) is 2.87. The number of amides is 2. The van der Waals surface area contributed by atoms with Gasteiger partial charge in [-0.25, -0.2) is 13.4 Å². The van der Waals surface area contributed by atoms with Crippen molar-refractivity contribution in [2.75, 3.05) is 13.2 Å². The summed E-state index contributed by atoms with van der Waals surface area (Å²) < 4.78 is 82.4. The summed E-state index contributed by atoms with van der Waals surface area (Å²) in [5.41, 5.74) is -2.54. The summed E-state index contributed by atoms with van der Waals surface area (Å²) >= 11 is 0. The molecule has 0 radical (unpaired) electrons. The fraction of sp³-hybridized carbons (Fsp3) is 0.605. The van der Waals surface area contributed by atoms with Crippen LogP contribution in [0.5, 0.6) is 5.88 Å². The number of ether oxygens (including phenoxy) is 2. The van der Waals surface area contributed by atoms with Crippen LogP contribution in [0.4, 0.5) is 13.2 Å². The Morgan fingerprint density at radius 1 is 1.11 bits per heavy atom. The minimum Gasteiger partial charge on any atom is -0.472 e. The molecule has 0 spiro atoms. The summed E-state index contributed by atoms with van der Waals surface area (Å²) in [7, 11) is -3.91. The Hall–Kier alpha value is -4.01. The second kappa shape index (κ2) is 14.3. The SMILES string of the molecule is C=C[C@H]1C[C@]1(CC(=O)[C@@H]1C[C@@H]2CN1C(=O)[C@H](C(C)(C)C)CC(=O)OCCCCCc1cc(C(F)(F)F)c3ccnc(c3c1)O2)C(=O)NS(=O)(=O)C1CC1. The predicted molar refractivity (Wildman–Crippen MR) is 188 cm³/mol. The van der Waals surface area contributed by atoms with E-state index in [0.29, 0.717) is 44.1 Å². The smallest absolute Gasteiger partial charge is 0.417 e. The van der Waals surface area contributed by atoms with Crippen LogP contribution < -0.4 is 9.46 Å². The van der Waals surface area contributed by atoms with E-state index in [4.69, 9.17) is 9.47 Å². The number of hydrogen-bond donors (Lipinski definition) is 1. The number of cyclic esters (lactones) is 1. The summed E-state index contributed by atoms with van der Waals surface area (Å²) in [5, 5.41) is -0.615. The summed E-state index contributed by atoms with van der Waals surface area (Å²) in [6.45, 7) is 9.08. The number of ketones is 1. The maximum atomic E-state index is 14.5. The number of allylic oxidation sites excluding steroid dienone is 1. The van der Waals surface area contributed by atoms with Gasteiger partial charge < -0.3 is 14.4 Å². The second-order valence-electron chi connectivity index (χ2n) is 16.0. The first kappa shape index (κ1) is 38.7. The highest BCUT2D eigenvalue weighted by atomic mass is 32.2. The minimum absolute atomic E-state index is 0.0764. The Balaban J connectivity index is 1.37. The van der Waals surface area contributed by atoms with Gasteiger partial charge in [-0.15, -0.1) is 6.58 Å². The van der Waals surface area contributed by atoms with Crippen LogP contribution in [0.25, 0.3) is 10.8 Å². The van der Waals surface area contributed by atoms with E-state index in [9.17, 15) is 40.8 Å². The maximum absolute atomic E-state index is 14.5. The molecule has 2 amide bonds. The first-order valence-corrected chi connectivity index (χ1v) is 19.7. The predicted octanol–water partition coefficient (Wildman–Crippen LogP) is 5.68. The number of nitrogens with one attached hydrogen (secondary N) is 1. The molecule has 1 aromatic carbocycles. The molecule has 6 rings (SSSR count). The van der Waals surface area contributed by atoms with Crippen molar-refractivity contribution in [1.29, 1.82) is 0 Å².